The van der Waals surface area contributed by atoms with E-state index in [-0.39, 0.29) is 29.1 Å². The van der Waals surface area contributed by atoms with Crippen LogP contribution in [0, 0.1) is 11.3 Å². The number of allylic oxidation sites excluding steroid dienone is 1. The summed E-state index contributed by atoms with van der Waals surface area (Å²) in [6, 6.07) is 19.6. The molecule has 3 aliphatic rings. The van der Waals surface area contributed by atoms with Crippen LogP contribution in [0.15, 0.2) is 79.5 Å². The molecule has 5 atom stereocenters. The Hall–Kier alpha value is -2.98. The van der Waals surface area contributed by atoms with Crippen LogP contribution < -0.4 is 0 Å². The average Bonchev–Trinajstić information content (AvgIpc) is 3.06. The second-order valence-corrected chi connectivity index (χ2v) is 9.91. The normalized spacial score (nSPS) is 31.7. The molecule has 4 nitrogen and oxygen atoms in total. The molecule has 0 N–H and O–H groups in total. The second-order valence-electron chi connectivity index (χ2n) is 9.91. The molecule has 1 aliphatic carbocycles. The van der Waals surface area contributed by atoms with Gasteiger partial charge >= 0.3 is 5.97 Å². The van der Waals surface area contributed by atoms with Gasteiger partial charge in [0, 0.05) is 22.7 Å². The van der Waals surface area contributed by atoms with Crippen LogP contribution in [0.25, 0.3) is 10.9 Å². The van der Waals surface area contributed by atoms with Crippen molar-refractivity contribution in [2.24, 2.45) is 11.3 Å². The van der Waals surface area contributed by atoms with Gasteiger partial charge in [-0.15, -0.1) is 6.58 Å². The number of benzene rings is 2. The molecule has 0 unspecified atom stereocenters. The third-order valence-electron chi connectivity index (χ3n) is 8.37. The number of carbonyl (C=O) groups excluding carboxylic acids is 1. The van der Waals surface area contributed by atoms with E-state index < -0.39 is 0 Å². The van der Waals surface area contributed by atoms with E-state index in [1.807, 2.05) is 60.8 Å². The minimum absolute atomic E-state index is 0.188. The molecule has 3 fully saturated rings. The lowest BCUT2D eigenvalue weighted by Crippen LogP contribution is -2.74. The summed E-state index contributed by atoms with van der Waals surface area (Å²) >= 11 is 0. The first kappa shape index (κ1) is 19.7. The quantitative estimate of drug-likeness (QED) is 0.397. The third kappa shape index (κ3) is 2.65. The fourth-order valence-electron chi connectivity index (χ4n) is 6.93. The lowest BCUT2D eigenvalue weighted by atomic mass is 9.46. The molecule has 4 heteroatoms. The molecule has 32 heavy (non-hydrogen) atoms. The smallest absolute Gasteiger partial charge is 0.338 e. The van der Waals surface area contributed by atoms with Crippen LogP contribution in [0.3, 0.4) is 0 Å². The number of nitrogens with zero attached hydrogens (tertiary/aromatic N) is 2. The lowest BCUT2D eigenvalue weighted by molar-refractivity contribution is -0.193. The summed E-state index contributed by atoms with van der Waals surface area (Å²) in [5, 5.41) is 1.06. The Morgan fingerprint density at radius 3 is 2.78 bits per heavy atom. The van der Waals surface area contributed by atoms with Gasteiger partial charge in [0.25, 0.3) is 0 Å². The molecule has 3 aromatic rings. The van der Waals surface area contributed by atoms with E-state index in [0.717, 1.165) is 35.9 Å². The SMILES string of the molecule is C=C[C@]1(C)C[C@]23C[C@H]([C@H](OC(=O)c4ccccc4)c4ccnc5ccccc45)N2CC[C@@H]31. The Morgan fingerprint density at radius 1 is 1.19 bits per heavy atom. The predicted molar refractivity (Wildman–Crippen MR) is 125 cm³/mol. The first-order chi connectivity index (χ1) is 15.6. The summed E-state index contributed by atoms with van der Waals surface area (Å²) in [5.74, 6) is 0.390. The van der Waals surface area contributed by atoms with Crippen molar-refractivity contribution < 1.29 is 9.53 Å². The maximum absolute atomic E-state index is 13.1. The number of hydrogen-bond donors (Lipinski definition) is 0. The Balaban J connectivity index is 1.37. The lowest BCUT2D eigenvalue weighted by Gasteiger charge is -2.69. The van der Waals surface area contributed by atoms with Crippen molar-refractivity contribution in [3.8, 4) is 0 Å². The first-order valence-corrected chi connectivity index (χ1v) is 11.6. The van der Waals surface area contributed by atoms with E-state index in [1.54, 1.807) is 0 Å². The number of carbonyl (C=O) groups is 1. The average molecular weight is 425 g/mol. The largest absolute Gasteiger partial charge is 0.452 e. The van der Waals surface area contributed by atoms with Crippen LogP contribution in [-0.4, -0.2) is 34.0 Å². The van der Waals surface area contributed by atoms with Gasteiger partial charge in [-0.25, -0.2) is 4.79 Å². The van der Waals surface area contributed by atoms with Gasteiger partial charge < -0.3 is 4.74 Å². The number of ether oxygens (including phenoxy) is 1. The summed E-state index contributed by atoms with van der Waals surface area (Å²) in [5.41, 5.74) is 3.07. The molecular weight excluding hydrogens is 396 g/mol. The molecule has 0 bridgehead atoms. The topological polar surface area (TPSA) is 42.4 Å². The van der Waals surface area contributed by atoms with Crippen molar-refractivity contribution in [1.82, 2.24) is 9.88 Å². The highest BCUT2D eigenvalue weighted by molar-refractivity contribution is 5.90. The van der Waals surface area contributed by atoms with E-state index in [9.17, 15) is 4.79 Å². The highest BCUT2D eigenvalue weighted by Crippen LogP contribution is 2.69. The molecule has 1 saturated carbocycles. The Kier molecular flexibility index (Phi) is 4.31. The van der Waals surface area contributed by atoms with Crippen molar-refractivity contribution in [3.63, 3.8) is 0 Å². The zero-order valence-corrected chi connectivity index (χ0v) is 18.4. The molecule has 2 aliphatic heterocycles. The van der Waals surface area contributed by atoms with Gasteiger partial charge in [0.05, 0.1) is 17.1 Å². The van der Waals surface area contributed by atoms with Gasteiger partial charge in [-0.2, -0.15) is 0 Å². The fraction of sp³-hybridized carbons (Fsp3) is 0.357. The number of aromatic nitrogens is 1. The van der Waals surface area contributed by atoms with Crippen LogP contribution >= 0.6 is 0 Å². The van der Waals surface area contributed by atoms with Gasteiger partial charge in [0.15, 0.2) is 0 Å². The minimum Gasteiger partial charge on any atom is -0.452 e. The molecule has 162 valence electrons. The maximum Gasteiger partial charge on any atom is 0.338 e. The Labute approximate surface area is 188 Å². The van der Waals surface area contributed by atoms with Gasteiger partial charge in [-0.1, -0.05) is 49.4 Å². The van der Waals surface area contributed by atoms with Crippen LogP contribution in [0.2, 0.25) is 0 Å². The Bertz CT molecular complexity index is 1200. The van der Waals surface area contributed by atoms with Gasteiger partial charge in [0.1, 0.15) is 6.10 Å². The zero-order valence-electron chi connectivity index (χ0n) is 18.4. The summed E-state index contributed by atoms with van der Waals surface area (Å²) in [6.07, 6.45) is 7.07. The molecule has 0 radical (unpaired) electrons. The van der Waals surface area contributed by atoms with Gasteiger partial charge in [-0.05, 0) is 61.4 Å². The molecule has 6 rings (SSSR count). The standard InChI is InChI=1S/C28H28N2O2/c1-3-27(2)18-28-17-23(30(28)16-14-24(27)28)25(32-26(31)19-9-5-4-6-10-19)21-13-15-29-22-12-8-7-11-20(21)22/h3-13,15,23-25H,1,14,16-18H2,2H3/t23-,24-,25-,27-,28+/m1/s1. The Morgan fingerprint density at radius 2 is 1.97 bits per heavy atom. The van der Waals surface area contributed by atoms with Crippen LogP contribution in [0.5, 0.6) is 0 Å². The highest BCUT2D eigenvalue weighted by Gasteiger charge is 2.72. The van der Waals surface area contributed by atoms with Crippen LogP contribution in [-0.2, 0) is 4.74 Å². The maximum atomic E-state index is 13.1. The number of esters is 1. The van der Waals surface area contributed by atoms with E-state index in [0.29, 0.717) is 11.5 Å². The molecule has 1 spiro atoms. The number of hydrogen-bond acceptors (Lipinski definition) is 4. The van der Waals surface area contributed by atoms with Gasteiger partial charge in [-0.3, -0.25) is 9.88 Å². The number of fused-ring (bicyclic) bond motifs is 1. The molecule has 3 heterocycles. The van der Waals surface area contributed by atoms with Crippen molar-refractivity contribution in [2.75, 3.05) is 6.54 Å². The summed E-state index contributed by atoms with van der Waals surface area (Å²) in [7, 11) is 0. The van der Waals surface area contributed by atoms with E-state index in [2.05, 4.69) is 35.5 Å². The molecule has 0 amide bonds. The fourth-order valence-corrected chi connectivity index (χ4v) is 6.93. The zero-order chi connectivity index (χ0) is 21.9. The third-order valence-corrected chi connectivity index (χ3v) is 8.37. The molecular formula is C28H28N2O2. The number of rotatable bonds is 5. The van der Waals surface area contributed by atoms with Crippen molar-refractivity contribution in [2.45, 2.75) is 43.9 Å². The van der Waals surface area contributed by atoms with E-state index in [1.165, 1.54) is 6.42 Å². The van der Waals surface area contributed by atoms with Crippen molar-refractivity contribution in [3.05, 3.63) is 90.6 Å². The van der Waals surface area contributed by atoms with E-state index >= 15 is 0 Å². The van der Waals surface area contributed by atoms with Gasteiger partial charge in [0.2, 0.25) is 0 Å². The molecule has 2 saturated heterocycles. The van der Waals surface area contributed by atoms with Crippen LogP contribution in [0.1, 0.15) is 48.2 Å². The first-order valence-electron chi connectivity index (χ1n) is 11.6. The monoisotopic (exact) mass is 424 g/mol. The van der Waals surface area contributed by atoms with E-state index in [4.69, 9.17) is 4.74 Å². The summed E-state index contributed by atoms with van der Waals surface area (Å²) in [6.45, 7) is 7.51. The number of pyridine rings is 1. The highest BCUT2D eigenvalue weighted by atomic mass is 16.5. The molecule has 1 aromatic heterocycles. The number of para-hydroxylation sites is 1. The molecule has 2 aromatic carbocycles. The predicted octanol–water partition coefficient (Wildman–Crippen LogP) is 5.56. The van der Waals surface area contributed by atoms with Crippen molar-refractivity contribution >= 4 is 16.9 Å². The van der Waals surface area contributed by atoms with Crippen molar-refractivity contribution in [1.29, 1.82) is 0 Å². The summed E-state index contributed by atoms with van der Waals surface area (Å²) in [4.78, 5) is 20.3. The summed E-state index contributed by atoms with van der Waals surface area (Å²) < 4.78 is 6.30. The second kappa shape index (κ2) is 7.01. The minimum atomic E-state index is -0.324. The van der Waals surface area contributed by atoms with Crippen LogP contribution in [0.4, 0.5) is 0 Å².